The van der Waals surface area contributed by atoms with Crippen LogP contribution >= 0.6 is 15.9 Å². The molecule has 1 aromatic carbocycles. The molecule has 0 aromatic heterocycles. The Morgan fingerprint density at radius 3 is 2.44 bits per heavy atom. The Bertz CT molecular complexity index is 379. The lowest BCUT2D eigenvalue weighted by molar-refractivity contribution is 0.0266. The Labute approximate surface area is 104 Å². The molecule has 4 heteroatoms. The van der Waals surface area contributed by atoms with E-state index in [0.717, 1.165) is 23.1 Å². The zero-order valence-electron chi connectivity index (χ0n) is 8.90. The van der Waals surface area contributed by atoms with Gasteiger partial charge in [-0.1, -0.05) is 28.1 Å². The second-order valence-electron chi connectivity index (χ2n) is 3.73. The van der Waals surface area contributed by atoms with Gasteiger partial charge in [-0.3, -0.25) is 4.90 Å². The van der Waals surface area contributed by atoms with Crippen molar-refractivity contribution in [1.82, 2.24) is 4.90 Å². The first-order valence-corrected chi connectivity index (χ1v) is 6.07. The first-order valence-electron chi connectivity index (χ1n) is 5.28. The minimum Gasteiger partial charge on any atom is -0.379 e. The number of halogens is 1. The van der Waals surface area contributed by atoms with Gasteiger partial charge in [-0.15, -0.1) is 0 Å². The smallest absolute Gasteiger partial charge is 0.124 e. The summed E-state index contributed by atoms with van der Waals surface area (Å²) < 4.78 is 6.33. The van der Waals surface area contributed by atoms with Gasteiger partial charge in [-0.25, -0.2) is 0 Å². The molecule has 0 amide bonds. The molecule has 1 aromatic rings. The Balaban J connectivity index is 2.15. The average Bonchev–Trinajstić information content (AvgIpc) is 2.34. The molecule has 16 heavy (non-hydrogen) atoms. The number of rotatable bonds is 2. The van der Waals surface area contributed by atoms with E-state index in [1.54, 1.807) is 0 Å². The van der Waals surface area contributed by atoms with Crippen molar-refractivity contribution in [3.63, 3.8) is 0 Å². The number of hydrogen-bond donors (Lipinski definition) is 0. The van der Waals surface area contributed by atoms with Crippen molar-refractivity contribution in [3.8, 4) is 6.07 Å². The number of morpholine rings is 1. The summed E-state index contributed by atoms with van der Waals surface area (Å²) in [7, 11) is 0. The van der Waals surface area contributed by atoms with Gasteiger partial charge in [0.05, 0.1) is 19.3 Å². The van der Waals surface area contributed by atoms with Crippen LogP contribution in [0.2, 0.25) is 0 Å². The molecule has 1 aliphatic heterocycles. The van der Waals surface area contributed by atoms with E-state index in [1.165, 1.54) is 0 Å². The lowest BCUT2D eigenvalue weighted by Gasteiger charge is -2.30. The van der Waals surface area contributed by atoms with Gasteiger partial charge in [0, 0.05) is 17.6 Å². The maximum absolute atomic E-state index is 9.26. The van der Waals surface area contributed by atoms with Crippen LogP contribution in [-0.2, 0) is 4.74 Å². The van der Waals surface area contributed by atoms with Crippen LogP contribution in [0.3, 0.4) is 0 Å². The van der Waals surface area contributed by atoms with Gasteiger partial charge in [-0.05, 0) is 17.7 Å². The van der Waals surface area contributed by atoms with E-state index in [9.17, 15) is 5.26 Å². The number of nitriles is 1. The van der Waals surface area contributed by atoms with Crippen LogP contribution < -0.4 is 0 Å². The first kappa shape index (κ1) is 11.6. The Morgan fingerprint density at radius 1 is 1.25 bits per heavy atom. The van der Waals surface area contributed by atoms with Crippen molar-refractivity contribution < 1.29 is 4.74 Å². The normalized spacial score (nSPS) is 19.0. The van der Waals surface area contributed by atoms with Gasteiger partial charge in [0.2, 0.25) is 0 Å². The molecule has 1 fully saturated rings. The Morgan fingerprint density at radius 2 is 1.88 bits per heavy atom. The van der Waals surface area contributed by atoms with Crippen molar-refractivity contribution in [1.29, 1.82) is 5.26 Å². The molecule has 1 heterocycles. The van der Waals surface area contributed by atoms with Crippen molar-refractivity contribution in [3.05, 3.63) is 34.3 Å². The number of benzene rings is 1. The van der Waals surface area contributed by atoms with Crippen LogP contribution in [0.1, 0.15) is 11.6 Å². The van der Waals surface area contributed by atoms with Crippen molar-refractivity contribution in [2.24, 2.45) is 0 Å². The van der Waals surface area contributed by atoms with Gasteiger partial charge in [0.15, 0.2) is 0 Å². The monoisotopic (exact) mass is 280 g/mol. The fraction of sp³-hybridized carbons (Fsp3) is 0.417. The summed E-state index contributed by atoms with van der Waals surface area (Å²) in [6, 6.07) is 10.1. The lowest BCUT2D eigenvalue weighted by atomic mass is 10.1. The molecular formula is C12H13BrN2O. The second kappa shape index (κ2) is 5.44. The molecule has 0 bridgehead atoms. The average molecular weight is 281 g/mol. The fourth-order valence-electron chi connectivity index (χ4n) is 1.85. The molecule has 3 nitrogen and oxygen atoms in total. The van der Waals surface area contributed by atoms with Crippen LogP contribution in [0, 0.1) is 11.3 Å². The molecule has 0 unspecified atom stereocenters. The number of hydrogen-bond acceptors (Lipinski definition) is 3. The SMILES string of the molecule is N#C[C@H](c1ccc(Br)cc1)N1CCOCC1. The third kappa shape index (κ3) is 2.62. The summed E-state index contributed by atoms with van der Waals surface area (Å²) in [5.41, 5.74) is 1.05. The number of nitrogens with zero attached hydrogens (tertiary/aromatic N) is 2. The van der Waals surface area contributed by atoms with Gasteiger partial charge in [0.25, 0.3) is 0 Å². The standard InChI is InChI=1S/C12H13BrN2O/c13-11-3-1-10(2-4-11)12(9-14)15-5-7-16-8-6-15/h1-4,12H,5-8H2/t12-/m1/s1. The maximum atomic E-state index is 9.26. The molecule has 1 saturated heterocycles. The molecule has 1 atom stereocenters. The number of ether oxygens (including phenoxy) is 1. The van der Waals surface area contributed by atoms with Crippen LogP contribution in [0.15, 0.2) is 28.7 Å². The summed E-state index contributed by atoms with van der Waals surface area (Å²) in [6.07, 6.45) is 0. The molecule has 84 valence electrons. The minimum absolute atomic E-state index is 0.156. The van der Waals surface area contributed by atoms with Crippen molar-refractivity contribution in [2.45, 2.75) is 6.04 Å². The van der Waals surface area contributed by atoms with Crippen LogP contribution in [-0.4, -0.2) is 31.2 Å². The van der Waals surface area contributed by atoms with Crippen molar-refractivity contribution in [2.75, 3.05) is 26.3 Å². The van der Waals surface area contributed by atoms with E-state index >= 15 is 0 Å². The van der Waals surface area contributed by atoms with Gasteiger partial charge in [0.1, 0.15) is 6.04 Å². The van der Waals surface area contributed by atoms with E-state index in [-0.39, 0.29) is 6.04 Å². The third-order valence-corrected chi connectivity index (χ3v) is 3.25. The van der Waals surface area contributed by atoms with E-state index < -0.39 is 0 Å². The molecule has 0 spiro atoms. The van der Waals surface area contributed by atoms with Crippen LogP contribution in [0.4, 0.5) is 0 Å². The molecule has 0 aliphatic carbocycles. The topological polar surface area (TPSA) is 36.3 Å². The highest BCUT2D eigenvalue weighted by atomic mass is 79.9. The molecule has 0 radical (unpaired) electrons. The van der Waals surface area contributed by atoms with E-state index in [1.807, 2.05) is 24.3 Å². The minimum atomic E-state index is -0.156. The second-order valence-corrected chi connectivity index (χ2v) is 4.65. The maximum Gasteiger partial charge on any atom is 0.124 e. The quantitative estimate of drug-likeness (QED) is 0.835. The van der Waals surface area contributed by atoms with E-state index in [4.69, 9.17) is 4.74 Å². The zero-order chi connectivity index (χ0) is 11.4. The zero-order valence-corrected chi connectivity index (χ0v) is 10.5. The van der Waals surface area contributed by atoms with Gasteiger partial charge in [-0.2, -0.15) is 5.26 Å². The predicted molar refractivity (Wildman–Crippen MR) is 64.9 cm³/mol. The molecular weight excluding hydrogens is 268 g/mol. The van der Waals surface area contributed by atoms with Crippen LogP contribution in [0.25, 0.3) is 0 Å². The van der Waals surface area contributed by atoms with E-state index in [2.05, 4.69) is 26.9 Å². The molecule has 2 rings (SSSR count). The third-order valence-electron chi connectivity index (χ3n) is 2.72. The first-order chi connectivity index (χ1) is 7.81. The summed E-state index contributed by atoms with van der Waals surface area (Å²) in [6.45, 7) is 3.09. The Hall–Kier alpha value is -0.890. The summed E-state index contributed by atoms with van der Waals surface area (Å²) >= 11 is 3.40. The summed E-state index contributed by atoms with van der Waals surface area (Å²) in [4.78, 5) is 2.16. The fourth-order valence-corrected chi connectivity index (χ4v) is 2.11. The van der Waals surface area contributed by atoms with Gasteiger partial charge < -0.3 is 4.74 Å². The summed E-state index contributed by atoms with van der Waals surface area (Å²) in [5, 5.41) is 9.26. The largest absolute Gasteiger partial charge is 0.379 e. The molecule has 1 aliphatic rings. The Kier molecular flexibility index (Phi) is 3.94. The lowest BCUT2D eigenvalue weighted by Crippen LogP contribution is -2.38. The highest BCUT2D eigenvalue weighted by molar-refractivity contribution is 9.10. The van der Waals surface area contributed by atoms with Crippen molar-refractivity contribution >= 4 is 15.9 Å². The highest BCUT2D eigenvalue weighted by Gasteiger charge is 2.21. The predicted octanol–water partition coefficient (Wildman–Crippen LogP) is 2.35. The highest BCUT2D eigenvalue weighted by Crippen LogP contribution is 2.22. The van der Waals surface area contributed by atoms with E-state index in [0.29, 0.717) is 13.2 Å². The molecule has 0 N–H and O–H groups in total. The van der Waals surface area contributed by atoms with Crippen LogP contribution in [0.5, 0.6) is 0 Å². The molecule has 0 saturated carbocycles. The summed E-state index contributed by atoms with van der Waals surface area (Å²) in [5.74, 6) is 0. The van der Waals surface area contributed by atoms with Gasteiger partial charge >= 0.3 is 0 Å².